The van der Waals surface area contributed by atoms with Crippen LogP contribution in [0.4, 0.5) is 11.4 Å². The molecular formula is C32H28N2O4. The van der Waals surface area contributed by atoms with Gasteiger partial charge in [0.15, 0.2) is 0 Å². The van der Waals surface area contributed by atoms with Crippen LogP contribution in [0.3, 0.4) is 0 Å². The van der Waals surface area contributed by atoms with Crippen LogP contribution >= 0.6 is 0 Å². The van der Waals surface area contributed by atoms with Crippen molar-refractivity contribution in [1.82, 2.24) is 0 Å². The highest BCUT2D eigenvalue weighted by Crippen LogP contribution is 2.55. The van der Waals surface area contributed by atoms with Gasteiger partial charge in [-0.3, -0.25) is 14.5 Å². The second-order valence-electron chi connectivity index (χ2n) is 9.72. The summed E-state index contributed by atoms with van der Waals surface area (Å²) in [7, 11) is 1.63. The average Bonchev–Trinajstić information content (AvgIpc) is 3.07. The third-order valence-electron chi connectivity index (χ3n) is 7.53. The number of para-hydroxylation sites is 3. The van der Waals surface area contributed by atoms with Gasteiger partial charge in [0.25, 0.3) is 11.8 Å². The molecule has 190 valence electrons. The normalized spacial score (nSPS) is 22.0. The topological polar surface area (TPSA) is 59.1 Å². The Hall–Kier alpha value is -4.58. The summed E-state index contributed by atoms with van der Waals surface area (Å²) in [6.45, 7) is 2.04. The summed E-state index contributed by atoms with van der Waals surface area (Å²) in [5.74, 6) is 1.11. The molecule has 1 fully saturated rings. The van der Waals surface area contributed by atoms with Crippen LogP contribution in [0.15, 0.2) is 109 Å². The van der Waals surface area contributed by atoms with Crippen LogP contribution in [0.2, 0.25) is 0 Å². The maximum atomic E-state index is 13.9. The Morgan fingerprint density at radius 2 is 1.39 bits per heavy atom. The minimum atomic E-state index is -0.833. The first-order chi connectivity index (χ1) is 18.5. The van der Waals surface area contributed by atoms with Crippen LogP contribution in [0.1, 0.15) is 29.3 Å². The van der Waals surface area contributed by atoms with Crippen molar-refractivity contribution < 1.29 is 19.1 Å². The summed E-state index contributed by atoms with van der Waals surface area (Å²) < 4.78 is 11.8. The van der Waals surface area contributed by atoms with Gasteiger partial charge >= 0.3 is 0 Å². The van der Waals surface area contributed by atoms with Crippen LogP contribution in [0.5, 0.6) is 11.5 Å². The van der Waals surface area contributed by atoms with E-state index in [0.717, 1.165) is 11.3 Å². The van der Waals surface area contributed by atoms with E-state index >= 15 is 0 Å². The first-order valence-electron chi connectivity index (χ1n) is 12.7. The Kier molecular flexibility index (Phi) is 5.87. The highest BCUT2D eigenvalue weighted by molar-refractivity contribution is 6.14. The third kappa shape index (κ3) is 3.64. The van der Waals surface area contributed by atoms with Gasteiger partial charge in [0.05, 0.1) is 18.5 Å². The number of ether oxygens (including phenoxy) is 2. The van der Waals surface area contributed by atoms with E-state index in [9.17, 15) is 9.59 Å². The van der Waals surface area contributed by atoms with Crippen LogP contribution in [0.25, 0.3) is 0 Å². The summed E-state index contributed by atoms with van der Waals surface area (Å²) in [5, 5.41) is 0. The smallest absolute Gasteiger partial charge is 0.271 e. The Morgan fingerprint density at radius 1 is 0.789 bits per heavy atom. The van der Waals surface area contributed by atoms with Crippen molar-refractivity contribution in [1.29, 1.82) is 0 Å². The van der Waals surface area contributed by atoms with E-state index < -0.39 is 11.6 Å². The number of benzene rings is 4. The van der Waals surface area contributed by atoms with Gasteiger partial charge in [0, 0.05) is 18.0 Å². The summed E-state index contributed by atoms with van der Waals surface area (Å²) in [6.07, 6.45) is -0.281. The zero-order chi connectivity index (χ0) is 26.3. The van der Waals surface area contributed by atoms with Crippen molar-refractivity contribution in [3.63, 3.8) is 0 Å². The summed E-state index contributed by atoms with van der Waals surface area (Å²) in [4.78, 5) is 31.5. The maximum absolute atomic E-state index is 13.9. The molecule has 6 rings (SSSR count). The van der Waals surface area contributed by atoms with E-state index in [2.05, 4.69) is 0 Å². The highest BCUT2D eigenvalue weighted by Gasteiger charge is 2.66. The molecule has 3 atom stereocenters. The lowest BCUT2D eigenvalue weighted by atomic mass is 9.70. The number of hydrogen-bond donors (Lipinski definition) is 0. The zero-order valence-corrected chi connectivity index (χ0v) is 21.3. The van der Waals surface area contributed by atoms with Gasteiger partial charge in [-0.1, -0.05) is 60.7 Å². The Morgan fingerprint density at radius 3 is 2.05 bits per heavy atom. The van der Waals surface area contributed by atoms with E-state index in [1.165, 1.54) is 0 Å². The number of rotatable bonds is 5. The lowest BCUT2D eigenvalue weighted by Gasteiger charge is -2.56. The van der Waals surface area contributed by atoms with Gasteiger partial charge in [-0.05, 0) is 61.0 Å². The molecule has 2 heterocycles. The molecule has 0 aromatic heterocycles. The molecule has 0 unspecified atom stereocenters. The van der Waals surface area contributed by atoms with E-state index in [-0.39, 0.29) is 17.9 Å². The number of nitrogens with zero attached hydrogens (tertiary/aromatic N) is 2. The predicted molar refractivity (Wildman–Crippen MR) is 147 cm³/mol. The molecule has 38 heavy (non-hydrogen) atoms. The van der Waals surface area contributed by atoms with Crippen molar-refractivity contribution in [2.24, 2.45) is 0 Å². The van der Waals surface area contributed by atoms with Crippen molar-refractivity contribution in [2.75, 3.05) is 16.9 Å². The van der Waals surface area contributed by atoms with Crippen LogP contribution in [-0.2, 0) is 10.3 Å². The van der Waals surface area contributed by atoms with Crippen molar-refractivity contribution >= 4 is 23.2 Å². The van der Waals surface area contributed by atoms with Crippen molar-refractivity contribution in [2.45, 2.75) is 31.0 Å². The SMILES string of the molecule is COc1ccc([C@]23C[C@H](C)N(C(=O)c4ccccc4)c4ccccc4N2C(=O)[C@H]3Oc2ccccc2)cc1. The number of fused-ring (bicyclic) bond motifs is 3. The van der Waals surface area contributed by atoms with E-state index in [0.29, 0.717) is 29.1 Å². The van der Waals surface area contributed by atoms with Crippen LogP contribution in [0, 0.1) is 0 Å². The lowest BCUT2D eigenvalue weighted by molar-refractivity contribution is -0.142. The molecule has 1 saturated heterocycles. The minimum Gasteiger partial charge on any atom is -0.497 e. The van der Waals surface area contributed by atoms with Crippen LogP contribution in [-0.4, -0.2) is 31.1 Å². The minimum absolute atomic E-state index is 0.106. The third-order valence-corrected chi connectivity index (χ3v) is 7.53. The Balaban J connectivity index is 1.53. The number of anilines is 2. The molecule has 0 spiro atoms. The molecule has 0 aliphatic carbocycles. The number of amides is 2. The summed E-state index contributed by atoms with van der Waals surface area (Å²) in [6, 6.07) is 33.8. The van der Waals surface area contributed by atoms with Crippen molar-refractivity contribution in [3.05, 3.63) is 120 Å². The fourth-order valence-electron chi connectivity index (χ4n) is 5.83. The van der Waals surface area contributed by atoms with Gasteiger partial charge < -0.3 is 14.4 Å². The highest BCUT2D eigenvalue weighted by atomic mass is 16.5. The second-order valence-corrected chi connectivity index (χ2v) is 9.72. The van der Waals surface area contributed by atoms with Gasteiger partial charge in [0.1, 0.15) is 17.0 Å². The molecular weight excluding hydrogens is 476 g/mol. The molecule has 6 nitrogen and oxygen atoms in total. The van der Waals surface area contributed by atoms with Gasteiger partial charge in [0.2, 0.25) is 6.10 Å². The van der Waals surface area contributed by atoms with Crippen LogP contribution < -0.4 is 19.3 Å². The quantitative estimate of drug-likeness (QED) is 0.321. The Bertz CT molecular complexity index is 1470. The van der Waals surface area contributed by atoms with Gasteiger partial charge in [-0.2, -0.15) is 0 Å². The molecule has 0 N–H and O–H groups in total. The average molecular weight is 505 g/mol. The van der Waals surface area contributed by atoms with E-state index in [1.807, 2.05) is 126 Å². The molecule has 0 radical (unpaired) electrons. The number of carbonyl (C=O) groups excluding carboxylic acids is 2. The standard InChI is InChI=1S/C32H28N2O4/c1-22-21-32(24-17-19-25(37-2)20-18-24)29(38-26-13-7-4-8-14-26)31(36)34(32)28-16-10-9-15-27(28)33(22)30(35)23-11-5-3-6-12-23/h3-20,22,29H,21H2,1-2H3/t22-,29+,32-/m0/s1. The molecule has 0 saturated carbocycles. The molecule has 2 aliphatic heterocycles. The monoisotopic (exact) mass is 504 g/mol. The molecule has 6 heteroatoms. The summed E-state index contributed by atoms with van der Waals surface area (Å²) in [5.41, 5.74) is 2.08. The maximum Gasteiger partial charge on any atom is 0.271 e. The zero-order valence-electron chi connectivity index (χ0n) is 21.3. The van der Waals surface area contributed by atoms with Gasteiger partial charge in [-0.15, -0.1) is 0 Å². The number of methoxy groups -OCH3 is 1. The fourth-order valence-corrected chi connectivity index (χ4v) is 5.83. The summed E-state index contributed by atoms with van der Waals surface area (Å²) >= 11 is 0. The molecule has 4 aromatic rings. The molecule has 2 aliphatic rings. The Labute approximate surface area is 222 Å². The fraction of sp³-hybridized carbons (Fsp3) is 0.188. The lowest BCUT2D eigenvalue weighted by Crippen LogP contribution is -2.75. The predicted octanol–water partition coefficient (Wildman–Crippen LogP) is 5.82. The number of hydrogen-bond acceptors (Lipinski definition) is 4. The molecule has 2 amide bonds. The first kappa shape index (κ1) is 23.8. The van der Waals surface area contributed by atoms with E-state index in [1.54, 1.807) is 7.11 Å². The number of β-lactam (4-membered cyclic amide) rings is 1. The largest absolute Gasteiger partial charge is 0.497 e. The molecule has 0 bridgehead atoms. The molecule has 4 aromatic carbocycles. The first-order valence-corrected chi connectivity index (χ1v) is 12.7. The van der Waals surface area contributed by atoms with Gasteiger partial charge in [-0.25, -0.2) is 0 Å². The number of carbonyl (C=O) groups is 2. The second kappa shape index (κ2) is 9.38. The van der Waals surface area contributed by atoms with Crippen molar-refractivity contribution in [3.8, 4) is 11.5 Å². The van der Waals surface area contributed by atoms with E-state index in [4.69, 9.17) is 9.47 Å².